The molecule has 2 aromatic rings. The van der Waals surface area contributed by atoms with Gasteiger partial charge < -0.3 is 15.1 Å². The number of carbonyl (C=O) groups excluding carboxylic acids is 2. The van der Waals surface area contributed by atoms with Crippen LogP contribution in [0, 0.1) is 5.92 Å². The molecule has 132 valence electrons. The van der Waals surface area contributed by atoms with Crippen molar-refractivity contribution in [2.75, 3.05) is 6.54 Å². The second kappa shape index (κ2) is 6.21. The van der Waals surface area contributed by atoms with E-state index in [1.54, 1.807) is 6.26 Å². The lowest BCUT2D eigenvalue weighted by Gasteiger charge is -2.37. The number of primary amides is 1. The average molecular weight is 340 g/mol. The Bertz CT molecular complexity index is 839. The highest BCUT2D eigenvalue weighted by atomic mass is 16.3. The summed E-state index contributed by atoms with van der Waals surface area (Å²) in [5, 5.41) is 1.05. The van der Waals surface area contributed by atoms with E-state index in [0.717, 1.165) is 42.2 Å². The number of fused-ring (bicyclic) bond motifs is 2. The standard InChI is InChI=1S/C20H24N2O3/c1-12-5-6-15(20(21)24)10-22(12)19(23)9-16-11-25-18-8-14-4-2-3-13(14)7-17(16)18/h7-8,11-12,15H,2-6,9-10H2,1H3,(H2,21,24)/t12-,15+/m1/s1. The van der Waals surface area contributed by atoms with E-state index in [0.29, 0.717) is 13.0 Å². The Balaban J connectivity index is 1.56. The topological polar surface area (TPSA) is 76.5 Å². The number of aryl methyl sites for hydroxylation is 2. The number of furan rings is 1. The molecule has 25 heavy (non-hydrogen) atoms. The number of carbonyl (C=O) groups is 2. The van der Waals surface area contributed by atoms with Gasteiger partial charge in [-0.25, -0.2) is 0 Å². The summed E-state index contributed by atoms with van der Waals surface area (Å²) in [5.74, 6) is -0.500. The molecule has 2 aliphatic rings. The summed E-state index contributed by atoms with van der Waals surface area (Å²) in [7, 11) is 0. The molecule has 4 rings (SSSR count). The van der Waals surface area contributed by atoms with Gasteiger partial charge in [-0.15, -0.1) is 0 Å². The molecule has 0 bridgehead atoms. The second-order valence-electron chi connectivity index (χ2n) is 7.48. The first-order valence-corrected chi connectivity index (χ1v) is 9.13. The van der Waals surface area contributed by atoms with Crippen LogP contribution in [0.3, 0.4) is 0 Å². The minimum atomic E-state index is -0.311. The average Bonchev–Trinajstić information content (AvgIpc) is 3.19. The highest BCUT2D eigenvalue weighted by molar-refractivity contribution is 5.89. The minimum Gasteiger partial charge on any atom is -0.464 e. The summed E-state index contributed by atoms with van der Waals surface area (Å²) < 4.78 is 5.70. The van der Waals surface area contributed by atoms with Gasteiger partial charge in [0.2, 0.25) is 11.8 Å². The van der Waals surface area contributed by atoms with Crippen molar-refractivity contribution in [2.45, 2.75) is 51.5 Å². The van der Waals surface area contributed by atoms with Crippen molar-refractivity contribution in [1.29, 1.82) is 0 Å². The third-order valence-corrected chi connectivity index (χ3v) is 5.81. The molecule has 2 amide bonds. The maximum absolute atomic E-state index is 12.9. The lowest BCUT2D eigenvalue weighted by Crippen LogP contribution is -2.49. The number of likely N-dealkylation sites (tertiary alicyclic amines) is 1. The van der Waals surface area contributed by atoms with Crippen LogP contribution < -0.4 is 5.73 Å². The van der Waals surface area contributed by atoms with Crippen molar-refractivity contribution >= 4 is 22.8 Å². The summed E-state index contributed by atoms with van der Waals surface area (Å²) in [6, 6.07) is 4.46. The van der Waals surface area contributed by atoms with Crippen LogP contribution in [0.1, 0.15) is 42.9 Å². The normalized spacial score (nSPS) is 23.0. The molecule has 5 nitrogen and oxygen atoms in total. The maximum atomic E-state index is 12.9. The van der Waals surface area contributed by atoms with Gasteiger partial charge in [0, 0.05) is 23.5 Å². The lowest BCUT2D eigenvalue weighted by atomic mass is 9.92. The van der Waals surface area contributed by atoms with Crippen molar-refractivity contribution in [3.63, 3.8) is 0 Å². The smallest absolute Gasteiger partial charge is 0.227 e. The van der Waals surface area contributed by atoms with Crippen molar-refractivity contribution < 1.29 is 14.0 Å². The van der Waals surface area contributed by atoms with Gasteiger partial charge in [-0.3, -0.25) is 9.59 Å². The molecule has 0 unspecified atom stereocenters. The fourth-order valence-corrected chi connectivity index (χ4v) is 4.24. The number of hydrogen-bond donors (Lipinski definition) is 1. The predicted octanol–water partition coefficient (Wildman–Crippen LogP) is 2.58. The van der Waals surface area contributed by atoms with Gasteiger partial charge in [-0.1, -0.05) is 0 Å². The molecule has 1 aliphatic heterocycles. The van der Waals surface area contributed by atoms with E-state index >= 15 is 0 Å². The molecule has 0 spiro atoms. The van der Waals surface area contributed by atoms with Crippen molar-refractivity contribution in [1.82, 2.24) is 4.90 Å². The first kappa shape index (κ1) is 16.2. The summed E-state index contributed by atoms with van der Waals surface area (Å²) in [5.41, 5.74) is 9.99. The van der Waals surface area contributed by atoms with Gasteiger partial charge in [0.15, 0.2) is 0 Å². The van der Waals surface area contributed by atoms with Crippen LogP contribution in [-0.4, -0.2) is 29.3 Å². The van der Waals surface area contributed by atoms with E-state index in [1.165, 1.54) is 17.5 Å². The minimum absolute atomic E-state index is 0.0432. The number of nitrogens with zero attached hydrogens (tertiary/aromatic N) is 1. The van der Waals surface area contributed by atoms with Gasteiger partial charge >= 0.3 is 0 Å². The highest BCUT2D eigenvalue weighted by Crippen LogP contribution is 2.31. The van der Waals surface area contributed by atoms with E-state index < -0.39 is 0 Å². The molecule has 0 radical (unpaired) electrons. The van der Waals surface area contributed by atoms with Gasteiger partial charge in [-0.2, -0.15) is 0 Å². The highest BCUT2D eigenvalue weighted by Gasteiger charge is 2.32. The molecule has 2 atom stereocenters. The number of benzene rings is 1. The molecule has 1 aromatic heterocycles. The fraction of sp³-hybridized carbons (Fsp3) is 0.500. The second-order valence-corrected chi connectivity index (χ2v) is 7.48. The Morgan fingerprint density at radius 3 is 2.76 bits per heavy atom. The van der Waals surface area contributed by atoms with Gasteiger partial charge in [0.1, 0.15) is 5.58 Å². The quantitative estimate of drug-likeness (QED) is 0.933. The van der Waals surface area contributed by atoms with Crippen LogP contribution in [0.25, 0.3) is 11.0 Å². The number of piperidine rings is 1. The predicted molar refractivity (Wildman–Crippen MR) is 95.0 cm³/mol. The zero-order valence-electron chi connectivity index (χ0n) is 14.6. The Morgan fingerprint density at radius 2 is 2.00 bits per heavy atom. The first-order valence-electron chi connectivity index (χ1n) is 9.13. The Labute approximate surface area is 147 Å². The Hall–Kier alpha value is -2.30. The number of hydrogen-bond acceptors (Lipinski definition) is 3. The van der Waals surface area contributed by atoms with Gasteiger partial charge in [0.05, 0.1) is 18.6 Å². The van der Waals surface area contributed by atoms with E-state index in [1.807, 2.05) is 11.8 Å². The molecule has 1 saturated heterocycles. The molecule has 5 heteroatoms. The summed E-state index contributed by atoms with van der Waals surface area (Å²) >= 11 is 0. The Morgan fingerprint density at radius 1 is 1.24 bits per heavy atom. The number of amides is 2. The molecule has 1 aromatic carbocycles. The largest absolute Gasteiger partial charge is 0.464 e. The molecular formula is C20H24N2O3. The maximum Gasteiger partial charge on any atom is 0.227 e. The summed E-state index contributed by atoms with van der Waals surface area (Å²) in [4.78, 5) is 26.2. The van der Waals surface area contributed by atoms with E-state index in [2.05, 4.69) is 12.1 Å². The first-order chi connectivity index (χ1) is 12.0. The van der Waals surface area contributed by atoms with E-state index in [-0.39, 0.29) is 23.8 Å². The van der Waals surface area contributed by atoms with Crippen molar-refractivity contribution in [3.05, 3.63) is 35.1 Å². The van der Waals surface area contributed by atoms with Crippen LogP contribution >= 0.6 is 0 Å². The van der Waals surface area contributed by atoms with Crippen LogP contribution in [0.15, 0.2) is 22.8 Å². The summed E-state index contributed by atoms with van der Waals surface area (Å²) in [6.45, 7) is 2.47. The van der Waals surface area contributed by atoms with Gasteiger partial charge in [-0.05, 0) is 62.3 Å². The fourth-order valence-electron chi connectivity index (χ4n) is 4.24. The van der Waals surface area contributed by atoms with Crippen molar-refractivity contribution in [3.8, 4) is 0 Å². The number of rotatable bonds is 3. The summed E-state index contributed by atoms with van der Waals surface area (Å²) in [6.07, 6.45) is 7.00. The molecule has 2 heterocycles. The molecule has 2 N–H and O–H groups in total. The molecule has 1 aliphatic carbocycles. The SMILES string of the molecule is C[C@@H]1CC[C@H](C(N)=O)CN1C(=O)Cc1coc2cc3c(cc12)CCC3. The molecular weight excluding hydrogens is 316 g/mol. The zero-order valence-corrected chi connectivity index (χ0v) is 14.6. The van der Waals surface area contributed by atoms with Crippen LogP contribution in [-0.2, 0) is 28.9 Å². The third-order valence-electron chi connectivity index (χ3n) is 5.81. The van der Waals surface area contributed by atoms with Gasteiger partial charge in [0.25, 0.3) is 0 Å². The van der Waals surface area contributed by atoms with Crippen LogP contribution in [0.2, 0.25) is 0 Å². The van der Waals surface area contributed by atoms with Crippen molar-refractivity contribution in [2.24, 2.45) is 11.7 Å². The van der Waals surface area contributed by atoms with E-state index in [4.69, 9.17) is 10.2 Å². The number of nitrogens with two attached hydrogens (primary N) is 1. The molecule has 0 saturated carbocycles. The molecule has 1 fully saturated rings. The third kappa shape index (κ3) is 2.92. The zero-order chi connectivity index (χ0) is 17.6. The monoisotopic (exact) mass is 340 g/mol. The van der Waals surface area contributed by atoms with Crippen LogP contribution in [0.4, 0.5) is 0 Å². The lowest BCUT2D eigenvalue weighted by molar-refractivity contribution is -0.136. The van der Waals surface area contributed by atoms with E-state index in [9.17, 15) is 9.59 Å². The van der Waals surface area contributed by atoms with Crippen LogP contribution in [0.5, 0.6) is 0 Å². The Kier molecular flexibility index (Phi) is 4.02.